The second-order valence-electron chi connectivity index (χ2n) is 7.95. The fourth-order valence-corrected chi connectivity index (χ4v) is 6.74. The average Bonchev–Trinajstić information content (AvgIpc) is 2.80. The maximum absolute atomic E-state index is 13.1. The number of rotatable bonds is 8. The average molecular weight is 489 g/mol. The molecule has 0 unspecified atom stereocenters. The van der Waals surface area contributed by atoms with E-state index in [9.17, 15) is 21.6 Å². The molecule has 180 valence electrons. The minimum absolute atomic E-state index is 0.0399. The number of sulfonamides is 2. The number of carbonyl (C=O) groups is 1. The first-order valence-corrected chi connectivity index (χ1v) is 13.9. The van der Waals surface area contributed by atoms with Crippen molar-refractivity contribution in [2.75, 3.05) is 64.0 Å². The van der Waals surface area contributed by atoms with Crippen molar-refractivity contribution < 1.29 is 26.4 Å². The lowest BCUT2D eigenvalue weighted by molar-refractivity contribution is -0.117. The first kappa shape index (κ1) is 24.9. The van der Waals surface area contributed by atoms with E-state index < -0.39 is 20.0 Å². The molecule has 0 radical (unpaired) electrons. The molecule has 10 nitrogen and oxygen atoms in total. The Morgan fingerprint density at radius 1 is 0.969 bits per heavy atom. The number of nitrogens with zero attached hydrogens (tertiary/aromatic N) is 3. The Hall–Kier alpha value is -1.73. The van der Waals surface area contributed by atoms with Crippen molar-refractivity contribution in [1.82, 2.24) is 13.5 Å². The lowest BCUT2D eigenvalue weighted by Crippen LogP contribution is -2.50. The number of methoxy groups -OCH3 is 1. The van der Waals surface area contributed by atoms with Crippen LogP contribution in [-0.4, -0.2) is 94.9 Å². The number of carbonyl (C=O) groups excluding carboxylic acids is 1. The molecule has 3 rings (SSSR count). The smallest absolute Gasteiger partial charge is 0.246 e. The second-order valence-corrected chi connectivity index (χ2v) is 12.1. The summed E-state index contributed by atoms with van der Waals surface area (Å²) in [6.45, 7) is 4.29. The van der Waals surface area contributed by atoms with Gasteiger partial charge in [-0.25, -0.2) is 16.8 Å². The van der Waals surface area contributed by atoms with Crippen LogP contribution in [0.2, 0.25) is 0 Å². The highest BCUT2D eigenvalue weighted by atomic mass is 32.2. The summed E-state index contributed by atoms with van der Waals surface area (Å²) in [5.41, 5.74) is 0.374. The molecule has 1 aromatic rings. The third-order valence-corrected chi connectivity index (χ3v) is 9.64. The molecule has 0 saturated carbocycles. The van der Waals surface area contributed by atoms with Gasteiger partial charge in [-0.3, -0.25) is 9.69 Å². The van der Waals surface area contributed by atoms with Crippen LogP contribution in [0.25, 0.3) is 0 Å². The number of piperazine rings is 1. The number of benzene rings is 1. The van der Waals surface area contributed by atoms with Gasteiger partial charge in [0.1, 0.15) is 10.6 Å². The largest absolute Gasteiger partial charge is 0.495 e. The molecule has 0 aliphatic carbocycles. The van der Waals surface area contributed by atoms with E-state index in [0.29, 0.717) is 45.0 Å². The molecular weight excluding hydrogens is 456 g/mol. The van der Waals surface area contributed by atoms with E-state index in [4.69, 9.17) is 4.74 Å². The fourth-order valence-electron chi connectivity index (χ4n) is 3.95. The monoisotopic (exact) mass is 488 g/mol. The molecule has 0 aromatic heterocycles. The first-order chi connectivity index (χ1) is 15.2. The van der Waals surface area contributed by atoms with Crippen molar-refractivity contribution in [2.24, 2.45) is 0 Å². The summed E-state index contributed by atoms with van der Waals surface area (Å²) in [4.78, 5) is 14.5. The van der Waals surface area contributed by atoms with E-state index in [-0.39, 0.29) is 28.8 Å². The third-order valence-electron chi connectivity index (χ3n) is 5.84. The van der Waals surface area contributed by atoms with Gasteiger partial charge in [0.2, 0.25) is 26.0 Å². The van der Waals surface area contributed by atoms with Gasteiger partial charge in [0.05, 0.1) is 19.4 Å². The van der Waals surface area contributed by atoms with E-state index in [1.807, 2.05) is 4.90 Å². The second kappa shape index (κ2) is 10.5. The quantitative estimate of drug-likeness (QED) is 0.575. The van der Waals surface area contributed by atoms with Gasteiger partial charge in [-0.05, 0) is 38.0 Å². The molecule has 2 heterocycles. The molecule has 2 saturated heterocycles. The summed E-state index contributed by atoms with van der Waals surface area (Å²) in [5, 5.41) is 2.76. The lowest BCUT2D eigenvalue weighted by Gasteiger charge is -2.33. The van der Waals surface area contributed by atoms with Gasteiger partial charge in [-0.1, -0.05) is 6.42 Å². The van der Waals surface area contributed by atoms with Gasteiger partial charge < -0.3 is 10.1 Å². The summed E-state index contributed by atoms with van der Waals surface area (Å²) in [6, 6.07) is 4.59. The number of amides is 1. The molecule has 32 heavy (non-hydrogen) atoms. The molecule has 0 spiro atoms. The minimum Gasteiger partial charge on any atom is -0.495 e. The zero-order valence-electron chi connectivity index (χ0n) is 18.6. The van der Waals surface area contributed by atoms with Crippen molar-refractivity contribution in [3.8, 4) is 5.75 Å². The predicted octanol–water partition coefficient (Wildman–Crippen LogP) is 0.776. The highest BCUT2D eigenvalue weighted by Crippen LogP contribution is 2.31. The van der Waals surface area contributed by atoms with Crippen molar-refractivity contribution in [3.05, 3.63) is 18.2 Å². The normalized spacial score (nSPS) is 19.6. The van der Waals surface area contributed by atoms with Crippen LogP contribution in [0.4, 0.5) is 5.69 Å². The van der Waals surface area contributed by atoms with E-state index >= 15 is 0 Å². The molecule has 0 atom stereocenters. The van der Waals surface area contributed by atoms with Crippen molar-refractivity contribution in [2.45, 2.75) is 31.1 Å². The maximum atomic E-state index is 13.1. The SMILES string of the molecule is CCS(=O)(=O)N1CCN(CC(=O)Nc2ccc(OC)c(S(=O)(=O)N3CCCCC3)c2)CC1. The zero-order chi connectivity index (χ0) is 23.4. The van der Waals surface area contributed by atoms with Crippen LogP contribution in [-0.2, 0) is 24.8 Å². The molecular formula is C20H32N4O6S2. The summed E-state index contributed by atoms with van der Waals surface area (Å²) >= 11 is 0. The first-order valence-electron chi connectivity index (χ1n) is 10.9. The predicted molar refractivity (Wildman–Crippen MR) is 122 cm³/mol. The molecule has 12 heteroatoms. The van der Waals surface area contributed by atoms with Crippen LogP contribution < -0.4 is 10.1 Å². The van der Waals surface area contributed by atoms with Gasteiger partial charge in [0.15, 0.2) is 0 Å². The third kappa shape index (κ3) is 5.79. The number of piperidine rings is 1. The summed E-state index contributed by atoms with van der Waals surface area (Å²) in [6.07, 6.45) is 2.66. The van der Waals surface area contributed by atoms with Gasteiger partial charge >= 0.3 is 0 Å². The van der Waals surface area contributed by atoms with E-state index in [2.05, 4.69) is 5.32 Å². The molecule has 1 N–H and O–H groups in total. The Labute approximate surface area is 190 Å². The Morgan fingerprint density at radius 2 is 1.62 bits per heavy atom. The highest BCUT2D eigenvalue weighted by molar-refractivity contribution is 7.89. The van der Waals surface area contributed by atoms with Gasteiger partial charge in [-0.15, -0.1) is 0 Å². The lowest BCUT2D eigenvalue weighted by atomic mass is 10.2. The van der Waals surface area contributed by atoms with Crippen molar-refractivity contribution in [3.63, 3.8) is 0 Å². The van der Waals surface area contributed by atoms with Crippen LogP contribution in [0.1, 0.15) is 26.2 Å². The Balaban J connectivity index is 1.65. The molecule has 0 bridgehead atoms. The van der Waals surface area contributed by atoms with Crippen molar-refractivity contribution >= 4 is 31.6 Å². The summed E-state index contributed by atoms with van der Waals surface area (Å²) in [5.74, 6) is 0.0123. The van der Waals surface area contributed by atoms with Crippen LogP contribution in [0.3, 0.4) is 0 Å². The Kier molecular flexibility index (Phi) is 8.15. The van der Waals surface area contributed by atoms with Crippen molar-refractivity contribution in [1.29, 1.82) is 0 Å². The van der Waals surface area contributed by atoms with Gasteiger partial charge in [0.25, 0.3) is 0 Å². The number of ether oxygens (including phenoxy) is 1. The number of anilines is 1. The number of hydrogen-bond donors (Lipinski definition) is 1. The summed E-state index contributed by atoms with van der Waals surface area (Å²) in [7, 11) is -5.53. The molecule has 2 aliphatic rings. The molecule has 2 fully saturated rings. The standard InChI is InChI=1S/C20H32N4O6S2/c1-3-31(26,27)23-13-11-22(12-14-23)16-20(25)21-17-7-8-18(30-2)19(15-17)32(28,29)24-9-5-4-6-10-24/h7-8,15H,3-6,9-14,16H2,1-2H3,(H,21,25). The minimum atomic E-state index is -3.73. The number of hydrogen-bond acceptors (Lipinski definition) is 7. The Morgan fingerprint density at radius 3 is 2.22 bits per heavy atom. The Bertz CT molecular complexity index is 1010. The van der Waals surface area contributed by atoms with Gasteiger partial charge in [-0.2, -0.15) is 8.61 Å². The van der Waals surface area contributed by atoms with Crippen LogP contribution in [0.5, 0.6) is 5.75 Å². The molecule has 1 aromatic carbocycles. The van der Waals surface area contributed by atoms with E-state index in [1.54, 1.807) is 19.1 Å². The number of nitrogens with one attached hydrogen (secondary N) is 1. The topological polar surface area (TPSA) is 116 Å². The summed E-state index contributed by atoms with van der Waals surface area (Å²) < 4.78 is 58.4. The zero-order valence-corrected chi connectivity index (χ0v) is 20.3. The van der Waals surface area contributed by atoms with E-state index in [1.165, 1.54) is 21.8 Å². The van der Waals surface area contributed by atoms with Crippen LogP contribution >= 0.6 is 0 Å². The maximum Gasteiger partial charge on any atom is 0.246 e. The highest BCUT2D eigenvalue weighted by Gasteiger charge is 2.30. The van der Waals surface area contributed by atoms with Crippen LogP contribution in [0, 0.1) is 0 Å². The molecule has 2 aliphatic heterocycles. The fraction of sp³-hybridized carbons (Fsp3) is 0.650. The van der Waals surface area contributed by atoms with E-state index in [0.717, 1.165) is 19.3 Å². The molecule has 1 amide bonds. The van der Waals surface area contributed by atoms with Crippen LogP contribution in [0.15, 0.2) is 23.1 Å². The van der Waals surface area contributed by atoms with Gasteiger partial charge in [0, 0.05) is 45.0 Å².